The Morgan fingerprint density at radius 3 is 1.25 bits per heavy atom. The maximum absolute atomic E-state index is 7.83. The van der Waals surface area contributed by atoms with Crippen LogP contribution in [0.3, 0.4) is 0 Å². The van der Waals surface area contributed by atoms with Gasteiger partial charge in [-0.25, -0.2) is 0 Å². The molecule has 0 rings (SSSR count). The first-order valence-electron chi connectivity index (χ1n) is 0.167. The second kappa shape index (κ2) is 24.1. The van der Waals surface area contributed by atoms with Crippen LogP contribution in [-0.2, 0) is 34.3 Å². The van der Waals surface area contributed by atoms with E-state index in [0.717, 1.165) is 0 Å². The fourth-order valence-electron chi connectivity index (χ4n) is 0. The molecule has 4 radical (unpaired) electrons. The largest absolute Gasteiger partial charge is 0.197 e. The summed E-state index contributed by atoms with van der Waals surface area (Å²) in [5, 5.41) is 0. The first-order chi connectivity index (χ1) is 1.00. The van der Waals surface area contributed by atoms with Crippen LogP contribution in [0.4, 0.5) is 0 Å². The topological polar surface area (TPSA) is 17.1 Å². The molecule has 0 N–H and O–H groups in total. The molecule has 0 atom stereocenters. The van der Waals surface area contributed by atoms with Crippen LogP contribution in [0.2, 0.25) is 0 Å². The fourth-order valence-corrected chi connectivity index (χ4v) is 0. The van der Waals surface area contributed by atoms with Crippen molar-refractivity contribution in [1.82, 2.24) is 0 Å². The summed E-state index contributed by atoms with van der Waals surface area (Å²) in [6.45, 7) is 0. The zero-order chi connectivity index (χ0) is 2.00. The molecule has 0 aliphatic heterocycles. The maximum atomic E-state index is 7.83. The first kappa shape index (κ1) is 17.7. The van der Waals surface area contributed by atoms with Crippen molar-refractivity contribution >= 4 is 36.4 Å². The van der Waals surface area contributed by atoms with Gasteiger partial charge in [-0.3, -0.25) is 0 Å². The molecule has 0 aromatic heterocycles. The van der Waals surface area contributed by atoms with Gasteiger partial charge in [0, 0.05) is 45.6 Å². The molecule has 0 aromatic rings. The third-order valence-electron chi connectivity index (χ3n) is 0. The molecular weight excluding hydrogens is 215 g/mol. The molecule has 0 amide bonds. The molecule has 0 bridgehead atoms. The summed E-state index contributed by atoms with van der Waals surface area (Å²) in [7, 11) is 0. The molecule has 4 heteroatoms. The maximum Gasteiger partial charge on any atom is 0.197 e. The van der Waals surface area contributed by atoms with Crippen LogP contribution in [0, 0.1) is 0 Å². The van der Waals surface area contributed by atoms with Crippen molar-refractivity contribution in [1.29, 1.82) is 0 Å². The fraction of sp³-hybridized carbons (Fsp3) is 0. The minimum Gasteiger partial charge on any atom is -0.197 e. The van der Waals surface area contributed by atoms with Crippen molar-refractivity contribution in [2.75, 3.05) is 0 Å². The molecule has 0 fully saturated rings. The Hall–Kier alpha value is 1.53. The third-order valence-corrected chi connectivity index (χ3v) is 0. The summed E-state index contributed by atoms with van der Waals surface area (Å²) in [6, 6.07) is 0. The van der Waals surface area contributed by atoms with Gasteiger partial charge in [0.25, 0.3) is 0 Å². The van der Waals surface area contributed by atoms with Crippen molar-refractivity contribution < 1.29 is 25.9 Å². The smallest absolute Gasteiger partial charge is 0.197 e. The molecule has 0 aromatic carbocycles. The van der Waals surface area contributed by atoms with E-state index in [0.29, 0.717) is 0 Å². The van der Waals surface area contributed by atoms with Crippen LogP contribution in [0.15, 0.2) is 0 Å². The van der Waals surface area contributed by atoms with Crippen LogP contribution in [0.1, 0.15) is 0 Å². The van der Waals surface area contributed by atoms with E-state index in [1.807, 2.05) is 0 Å². The van der Waals surface area contributed by atoms with Gasteiger partial charge in [-0.15, -0.1) is 0 Å². The first-order valence-corrected chi connectivity index (χ1v) is 0.500. The monoisotopic (exact) mass is 216 g/mol. The summed E-state index contributed by atoms with van der Waals surface area (Å²) in [6.07, 6.45) is 0. The van der Waals surface area contributed by atoms with E-state index in [9.17, 15) is 0 Å². The SMILES string of the molecule is O=S.[Sn].[Ti]. The van der Waals surface area contributed by atoms with Crippen LogP contribution in [0.5, 0.6) is 0 Å². The summed E-state index contributed by atoms with van der Waals surface area (Å²) < 4.78 is 7.83. The number of hydrogen-bond donors (Lipinski definition) is 0. The molecule has 0 spiro atoms. The third kappa shape index (κ3) is 9.65. The Morgan fingerprint density at radius 2 is 1.25 bits per heavy atom. The Balaban J connectivity index is -0.00000000500. The molecule has 0 saturated carbocycles. The van der Waals surface area contributed by atoms with E-state index < -0.39 is 0 Å². The molecule has 0 saturated heterocycles. The van der Waals surface area contributed by atoms with Gasteiger partial charge in [-0.1, -0.05) is 0 Å². The Kier molecular flexibility index (Phi) is 107. The van der Waals surface area contributed by atoms with E-state index in [1.54, 1.807) is 0 Å². The van der Waals surface area contributed by atoms with Gasteiger partial charge in [-0.2, -0.15) is 4.21 Å². The van der Waals surface area contributed by atoms with Crippen LogP contribution < -0.4 is 0 Å². The Bertz CT molecular complexity index is 8.00. The second-order valence-electron chi connectivity index (χ2n) is 0. The normalized spacial score (nSPS) is 1.00. The minimum atomic E-state index is 0. The van der Waals surface area contributed by atoms with Gasteiger partial charge in [0.2, 0.25) is 0 Å². The van der Waals surface area contributed by atoms with E-state index in [4.69, 9.17) is 4.21 Å². The summed E-state index contributed by atoms with van der Waals surface area (Å²) in [4.78, 5) is 0. The predicted molar refractivity (Wildman–Crippen MR) is 13.9 cm³/mol. The molecular formula is OSSnTi. The molecule has 0 aliphatic rings. The Labute approximate surface area is 61.9 Å². The quantitative estimate of drug-likeness (QED) is 0.495. The average molecular weight is 215 g/mol. The van der Waals surface area contributed by atoms with Crippen molar-refractivity contribution in [2.45, 2.75) is 0 Å². The van der Waals surface area contributed by atoms with Gasteiger partial charge in [-0.05, 0) is 0 Å². The summed E-state index contributed by atoms with van der Waals surface area (Å²) >= 11 is 2.83. The van der Waals surface area contributed by atoms with Gasteiger partial charge in [0.05, 0.1) is 0 Å². The van der Waals surface area contributed by atoms with Gasteiger partial charge < -0.3 is 0 Å². The van der Waals surface area contributed by atoms with Crippen molar-refractivity contribution in [3.05, 3.63) is 0 Å². The predicted octanol–water partition coefficient (Wildman–Crippen LogP) is -0.720. The molecule has 0 unspecified atom stereocenters. The Morgan fingerprint density at radius 1 is 1.25 bits per heavy atom. The molecule has 4 heavy (non-hydrogen) atoms. The van der Waals surface area contributed by atoms with E-state index in [2.05, 4.69) is 12.5 Å². The second-order valence-corrected chi connectivity index (χ2v) is 0. The minimum absolute atomic E-state index is 0. The zero-order valence-electron chi connectivity index (χ0n) is 1.82. The average Bonchev–Trinajstić information content (AvgIpc) is 1.00. The van der Waals surface area contributed by atoms with Gasteiger partial charge >= 0.3 is 0 Å². The van der Waals surface area contributed by atoms with Gasteiger partial charge in [0.1, 0.15) is 0 Å². The molecule has 0 heterocycles. The van der Waals surface area contributed by atoms with Crippen LogP contribution >= 0.6 is 0 Å². The van der Waals surface area contributed by atoms with Crippen LogP contribution in [0.25, 0.3) is 0 Å². The van der Waals surface area contributed by atoms with Gasteiger partial charge in [0.15, 0.2) is 12.5 Å². The van der Waals surface area contributed by atoms with E-state index in [-0.39, 0.29) is 45.6 Å². The zero-order valence-corrected chi connectivity index (χ0v) is 7.05. The molecule has 1 nitrogen and oxygen atoms in total. The summed E-state index contributed by atoms with van der Waals surface area (Å²) in [5.74, 6) is 0. The van der Waals surface area contributed by atoms with E-state index in [1.165, 1.54) is 0 Å². The standard InChI is InChI=1S/OS.Sn.Ti/c1-2;;. The summed E-state index contributed by atoms with van der Waals surface area (Å²) in [5.41, 5.74) is 0. The number of hydrogen-bond acceptors (Lipinski definition) is 2. The van der Waals surface area contributed by atoms with Crippen molar-refractivity contribution in [3.8, 4) is 0 Å². The molecule has 0 aliphatic carbocycles. The van der Waals surface area contributed by atoms with E-state index >= 15 is 0 Å². The molecule has 20 valence electrons. The van der Waals surface area contributed by atoms with Crippen LogP contribution in [-0.4, -0.2) is 28.1 Å². The number of rotatable bonds is 0. The van der Waals surface area contributed by atoms with Crippen molar-refractivity contribution in [3.63, 3.8) is 0 Å². The van der Waals surface area contributed by atoms with Crippen molar-refractivity contribution in [2.24, 2.45) is 0 Å².